The Bertz CT molecular complexity index is 364. The number of benzene rings is 1. The van der Waals surface area contributed by atoms with Crippen LogP contribution in [0, 0.1) is 0 Å². The number of hydrogen-bond donors (Lipinski definition) is 1. The maximum atomic E-state index is 8.93. The standard InChI is InChI=1S/C9H8OS/c10-5-7-6-11-9-4-2-1-3-8(7)9/h1-4,6,10H,5H2. The zero-order valence-corrected chi connectivity index (χ0v) is 6.77. The SMILES string of the molecule is OCc1csc2ccccc12. The fourth-order valence-corrected chi connectivity index (χ4v) is 2.11. The number of aliphatic hydroxyl groups excluding tert-OH is 1. The van der Waals surface area contributed by atoms with Crippen molar-refractivity contribution in [3.05, 3.63) is 35.2 Å². The molecule has 0 aliphatic heterocycles. The number of aliphatic hydroxyl groups is 1. The molecule has 1 heterocycles. The first-order valence-corrected chi connectivity index (χ1v) is 4.36. The predicted molar refractivity (Wildman–Crippen MR) is 47.7 cm³/mol. The van der Waals surface area contributed by atoms with Crippen LogP contribution in [0.1, 0.15) is 5.56 Å². The predicted octanol–water partition coefficient (Wildman–Crippen LogP) is 2.39. The van der Waals surface area contributed by atoms with Gasteiger partial charge < -0.3 is 5.11 Å². The minimum absolute atomic E-state index is 0.143. The van der Waals surface area contributed by atoms with Gasteiger partial charge in [0.1, 0.15) is 0 Å². The van der Waals surface area contributed by atoms with Crippen LogP contribution in [0.5, 0.6) is 0 Å². The van der Waals surface area contributed by atoms with Crippen LogP contribution in [0.3, 0.4) is 0 Å². The van der Waals surface area contributed by atoms with Gasteiger partial charge in [0.05, 0.1) is 6.61 Å². The second kappa shape index (κ2) is 2.64. The summed E-state index contributed by atoms with van der Waals surface area (Å²) in [7, 11) is 0. The highest BCUT2D eigenvalue weighted by Gasteiger charge is 1.99. The molecule has 0 aliphatic carbocycles. The van der Waals surface area contributed by atoms with Crippen LogP contribution in [0.25, 0.3) is 10.1 Å². The van der Waals surface area contributed by atoms with Gasteiger partial charge in [0.2, 0.25) is 0 Å². The summed E-state index contributed by atoms with van der Waals surface area (Å²) in [5.41, 5.74) is 1.03. The Morgan fingerprint density at radius 3 is 2.91 bits per heavy atom. The Morgan fingerprint density at radius 2 is 2.09 bits per heavy atom. The molecule has 0 aliphatic rings. The number of hydrogen-bond acceptors (Lipinski definition) is 2. The topological polar surface area (TPSA) is 20.2 Å². The van der Waals surface area contributed by atoms with Crippen molar-refractivity contribution in [3.63, 3.8) is 0 Å². The minimum Gasteiger partial charge on any atom is -0.392 e. The molecule has 0 saturated heterocycles. The van der Waals surface area contributed by atoms with Crippen LogP contribution in [0.4, 0.5) is 0 Å². The summed E-state index contributed by atoms with van der Waals surface area (Å²) in [6.45, 7) is 0.143. The van der Waals surface area contributed by atoms with Crippen molar-refractivity contribution in [2.45, 2.75) is 6.61 Å². The quantitative estimate of drug-likeness (QED) is 0.686. The van der Waals surface area contributed by atoms with Crippen molar-refractivity contribution in [2.75, 3.05) is 0 Å². The van der Waals surface area contributed by atoms with E-state index < -0.39 is 0 Å². The van der Waals surface area contributed by atoms with Gasteiger partial charge in [-0.15, -0.1) is 11.3 Å². The Labute approximate surface area is 68.9 Å². The molecule has 2 rings (SSSR count). The largest absolute Gasteiger partial charge is 0.392 e. The average Bonchev–Trinajstić information content (AvgIpc) is 2.47. The molecule has 2 aromatic rings. The van der Waals surface area contributed by atoms with E-state index in [9.17, 15) is 0 Å². The van der Waals surface area contributed by atoms with Crippen LogP contribution in [0.2, 0.25) is 0 Å². The molecule has 0 unspecified atom stereocenters. The van der Waals surface area contributed by atoms with Crippen molar-refractivity contribution in [1.82, 2.24) is 0 Å². The first kappa shape index (κ1) is 6.83. The molecule has 0 amide bonds. The molecule has 0 bridgehead atoms. The second-order valence-corrected chi connectivity index (χ2v) is 3.33. The molecular weight excluding hydrogens is 156 g/mol. The molecule has 1 aromatic carbocycles. The van der Waals surface area contributed by atoms with E-state index in [4.69, 9.17) is 5.11 Å². The molecule has 11 heavy (non-hydrogen) atoms. The Hall–Kier alpha value is -0.860. The number of fused-ring (bicyclic) bond motifs is 1. The van der Waals surface area contributed by atoms with Gasteiger partial charge in [0.15, 0.2) is 0 Å². The molecule has 1 aromatic heterocycles. The van der Waals surface area contributed by atoms with Gasteiger partial charge in [0.25, 0.3) is 0 Å². The molecule has 0 atom stereocenters. The molecule has 0 fully saturated rings. The lowest BCUT2D eigenvalue weighted by atomic mass is 10.2. The van der Waals surface area contributed by atoms with Gasteiger partial charge in [-0.05, 0) is 22.4 Å². The van der Waals surface area contributed by atoms with Crippen LogP contribution in [-0.2, 0) is 6.61 Å². The summed E-state index contributed by atoms with van der Waals surface area (Å²) in [5.74, 6) is 0. The molecule has 1 N–H and O–H groups in total. The van der Waals surface area contributed by atoms with E-state index in [1.54, 1.807) is 11.3 Å². The third-order valence-electron chi connectivity index (χ3n) is 1.73. The molecule has 1 nitrogen and oxygen atoms in total. The van der Waals surface area contributed by atoms with E-state index >= 15 is 0 Å². The van der Waals surface area contributed by atoms with E-state index in [0.29, 0.717) is 0 Å². The van der Waals surface area contributed by atoms with Gasteiger partial charge >= 0.3 is 0 Å². The first-order chi connectivity index (χ1) is 5.42. The summed E-state index contributed by atoms with van der Waals surface area (Å²) in [6.07, 6.45) is 0. The Morgan fingerprint density at radius 1 is 1.27 bits per heavy atom. The van der Waals surface area contributed by atoms with Crippen molar-refractivity contribution in [1.29, 1.82) is 0 Å². The molecule has 2 heteroatoms. The summed E-state index contributed by atoms with van der Waals surface area (Å²) >= 11 is 1.68. The molecule has 0 spiro atoms. The minimum atomic E-state index is 0.143. The monoisotopic (exact) mass is 164 g/mol. The van der Waals surface area contributed by atoms with Crippen LogP contribution >= 0.6 is 11.3 Å². The lowest BCUT2D eigenvalue weighted by Gasteiger charge is -1.90. The lowest BCUT2D eigenvalue weighted by molar-refractivity contribution is 0.284. The smallest absolute Gasteiger partial charge is 0.0696 e. The highest BCUT2D eigenvalue weighted by atomic mass is 32.1. The maximum Gasteiger partial charge on any atom is 0.0696 e. The fourth-order valence-electron chi connectivity index (χ4n) is 1.16. The van der Waals surface area contributed by atoms with E-state index in [1.807, 2.05) is 23.6 Å². The zero-order chi connectivity index (χ0) is 7.68. The van der Waals surface area contributed by atoms with Crippen molar-refractivity contribution >= 4 is 21.4 Å². The fraction of sp³-hybridized carbons (Fsp3) is 0.111. The molecule has 0 saturated carbocycles. The average molecular weight is 164 g/mol. The zero-order valence-electron chi connectivity index (χ0n) is 5.95. The summed E-state index contributed by atoms with van der Waals surface area (Å²) in [5, 5.41) is 12.1. The van der Waals surface area contributed by atoms with E-state index in [1.165, 1.54) is 10.1 Å². The second-order valence-electron chi connectivity index (χ2n) is 2.42. The summed E-state index contributed by atoms with van der Waals surface area (Å²) in [6, 6.07) is 8.12. The van der Waals surface area contributed by atoms with Gasteiger partial charge in [-0.1, -0.05) is 18.2 Å². The van der Waals surface area contributed by atoms with E-state index in [2.05, 4.69) is 6.07 Å². The number of rotatable bonds is 1. The summed E-state index contributed by atoms with van der Waals surface area (Å²) in [4.78, 5) is 0. The first-order valence-electron chi connectivity index (χ1n) is 3.48. The highest BCUT2D eigenvalue weighted by molar-refractivity contribution is 7.17. The van der Waals surface area contributed by atoms with Crippen molar-refractivity contribution in [3.8, 4) is 0 Å². The van der Waals surface area contributed by atoms with E-state index in [-0.39, 0.29) is 6.61 Å². The van der Waals surface area contributed by atoms with Crippen LogP contribution < -0.4 is 0 Å². The highest BCUT2D eigenvalue weighted by Crippen LogP contribution is 2.25. The van der Waals surface area contributed by atoms with Crippen molar-refractivity contribution < 1.29 is 5.11 Å². The number of thiophene rings is 1. The third-order valence-corrected chi connectivity index (χ3v) is 2.74. The van der Waals surface area contributed by atoms with Gasteiger partial charge in [-0.2, -0.15) is 0 Å². The molecule has 56 valence electrons. The lowest BCUT2D eigenvalue weighted by Crippen LogP contribution is -1.76. The Balaban J connectivity index is 2.76. The summed E-state index contributed by atoms with van der Waals surface area (Å²) < 4.78 is 1.25. The van der Waals surface area contributed by atoms with Gasteiger partial charge in [-0.25, -0.2) is 0 Å². The normalized spacial score (nSPS) is 10.6. The maximum absolute atomic E-state index is 8.93. The molecular formula is C9H8OS. The Kier molecular flexibility index (Phi) is 1.64. The van der Waals surface area contributed by atoms with Crippen LogP contribution in [-0.4, -0.2) is 5.11 Å². The van der Waals surface area contributed by atoms with E-state index in [0.717, 1.165) is 5.56 Å². The third kappa shape index (κ3) is 1.04. The van der Waals surface area contributed by atoms with Gasteiger partial charge in [0, 0.05) is 4.70 Å². The molecule has 0 radical (unpaired) electrons. The van der Waals surface area contributed by atoms with Gasteiger partial charge in [-0.3, -0.25) is 0 Å². The van der Waals surface area contributed by atoms with Crippen LogP contribution in [0.15, 0.2) is 29.6 Å². The van der Waals surface area contributed by atoms with Crippen molar-refractivity contribution in [2.24, 2.45) is 0 Å².